The molecule has 0 radical (unpaired) electrons. The molecule has 0 aromatic rings. The van der Waals surface area contributed by atoms with Gasteiger partial charge in [0.15, 0.2) is 6.10 Å². The van der Waals surface area contributed by atoms with Crippen molar-refractivity contribution in [3.63, 3.8) is 0 Å². The summed E-state index contributed by atoms with van der Waals surface area (Å²) < 4.78 is 33.5. The van der Waals surface area contributed by atoms with E-state index >= 15 is 0 Å². The maximum Gasteiger partial charge on any atom is 0.527 e. The molecule has 0 saturated carbocycles. The third kappa shape index (κ3) is 39.0. The Morgan fingerprint density at radius 1 is 0.648 bits per heavy atom. The summed E-state index contributed by atoms with van der Waals surface area (Å²) in [5.41, 5.74) is 0. The van der Waals surface area contributed by atoms with Gasteiger partial charge in [-0.25, -0.2) is 9.36 Å². The van der Waals surface area contributed by atoms with Gasteiger partial charge in [-0.15, -0.1) is 0 Å². The average Bonchev–Trinajstić information content (AvgIpc) is 3.12. The molecule has 1 unspecified atom stereocenters. The normalized spacial score (nSPS) is 14.3. The van der Waals surface area contributed by atoms with Crippen molar-refractivity contribution in [3.8, 4) is 0 Å². The molecule has 0 aromatic heterocycles. The van der Waals surface area contributed by atoms with E-state index in [0.29, 0.717) is 10.9 Å². The Hall–Kier alpha value is -2.71. The van der Waals surface area contributed by atoms with Gasteiger partial charge in [-0.1, -0.05) is 139 Å². The summed E-state index contributed by atoms with van der Waals surface area (Å²) in [7, 11) is 1.05. The molecular formula is C44H77NO8P+. The number of rotatable bonds is 36. The highest BCUT2D eigenvalue weighted by Gasteiger charge is 2.26. The Morgan fingerprint density at radius 3 is 1.69 bits per heavy atom. The molecule has 9 nitrogen and oxygen atoms in total. The first-order valence-electron chi connectivity index (χ1n) is 20.8. The number of carbonyl (C=O) groups is 2. The molecular weight excluding hydrogens is 701 g/mol. The van der Waals surface area contributed by atoms with E-state index in [9.17, 15) is 19.0 Å². The molecule has 0 aliphatic rings. The van der Waals surface area contributed by atoms with E-state index in [4.69, 9.17) is 18.5 Å². The molecule has 54 heavy (non-hydrogen) atoms. The van der Waals surface area contributed by atoms with Crippen LogP contribution in [-0.4, -0.2) is 61.8 Å². The van der Waals surface area contributed by atoms with Gasteiger partial charge in [0.05, 0.1) is 21.1 Å². The Balaban J connectivity index is 4.58. The van der Waals surface area contributed by atoms with Crippen LogP contribution in [-0.2, 0) is 32.7 Å². The van der Waals surface area contributed by atoms with Crippen LogP contribution in [0.25, 0.3) is 0 Å². The van der Waals surface area contributed by atoms with E-state index in [-0.39, 0.29) is 13.0 Å². The Morgan fingerprint density at radius 2 is 1.15 bits per heavy atom. The van der Waals surface area contributed by atoms with E-state index in [1.165, 1.54) is 89.5 Å². The lowest BCUT2D eigenvalue weighted by molar-refractivity contribution is -0.817. The Kier molecular flexibility index (Phi) is 34.2. The fraction of sp³-hybridized carbons (Fsp3) is 0.682. The van der Waals surface area contributed by atoms with Crippen LogP contribution in [0, 0.1) is 0 Å². The highest BCUT2D eigenvalue weighted by Crippen LogP contribution is 2.43. The van der Waals surface area contributed by atoms with Gasteiger partial charge >= 0.3 is 19.8 Å². The number of ether oxygens (including phenoxy) is 2. The number of carbonyl (C=O) groups excluding carboxylic acids is 2. The Bertz CT molecular complexity index is 1150. The third-order valence-electron chi connectivity index (χ3n) is 8.32. The molecule has 310 valence electrons. The first kappa shape index (κ1) is 51.3. The molecule has 10 heteroatoms. The van der Waals surface area contributed by atoms with E-state index in [2.05, 4.69) is 50.3 Å². The number of nitrogens with zero attached hydrogens (tertiary/aromatic N) is 1. The fourth-order valence-electron chi connectivity index (χ4n) is 5.17. The van der Waals surface area contributed by atoms with Gasteiger partial charge in [0.1, 0.15) is 25.7 Å². The van der Waals surface area contributed by atoms with Gasteiger partial charge < -0.3 is 18.5 Å². The van der Waals surface area contributed by atoms with Crippen LogP contribution in [0.15, 0.2) is 73.2 Å². The van der Waals surface area contributed by atoms with Crippen molar-refractivity contribution in [2.75, 3.05) is 34.4 Å². The number of hydrogen-bond donors (Lipinski definition) is 1. The van der Waals surface area contributed by atoms with Gasteiger partial charge in [-0.2, -0.15) is 0 Å². The molecule has 0 rings (SSSR count). The number of quaternary nitrogens is 1. The molecule has 0 aromatic carbocycles. The quantitative estimate of drug-likeness (QED) is 0.00979. The summed E-state index contributed by atoms with van der Waals surface area (Å²) in [5, 5.41) is 0. The van der Waals surface area contributed by atoms with E-state index in [1.54, 1.807) is 18.4 Å². The number of esters is 2. The van der Waals surface area contributed by atoms with Gasteiger partial charge in [0, 0.05) is 12.5 Å². The lowest BCUT2D eigenvalue weighted by Crippen LogP contribution is -2.29. The predicted octanol–water partition coefficient (Wildman–Crippen LogP) is 12.2. The SMILES string of the molecule is CC/C=C/CCCCCCCCC/C=C/C=C/C(=O)O[C@H](COC(=O)CCCCC/C=C/C=C\CCCCCCCC)COP(=O)(O)O/C=C\[N+](C)(C)C. The summed E-state index contributed by atoms with van der Waals surface area (Å²) in [4.78, 5) is 35.1. The van der Waals surface area contributed by atoms with Gasteiger partial charge in [0.2, 0.25) is 0 Å². The second kappa shape index (κ2) is 36.0. The number of phosphoric acid groups is 1. The lowest BCUT2D eigenvalue weighted by atomic mass is 10.1. The second-order valence-electron chi connectivity index (χ2n) is 14.7. The Labute approximate surface area is 329 Å². The van der Waals surface area contributed by atoms with Crippen LogP contribution < -0.4 is 0 Å². The zero-order valence-electron chi connectivity index (χ0n) is 34.7. The second-order valence-corrected chi connectivity index (χ2v) is 16.2. The third-order valence-corrected chi connectivity index (χ3v) is 9.18. The zero-order valence-corrected chi connectivity index (χ0v) is 35.6. The minimum Gasteiger partial charge on any atom is -0.462 e. The fourth-order valence-corrected chi connectivity index (χ4v) is 5.80. The molecule has 0 fully saturated rings. The van der Waals surface area contributed by atoms with Crippen molar-refractivity contribution in [3.05, 3.63) is 73.2 Å². The number of phosphoric ester groups is 1. The van der Waals surface area contributed by atoms with Crippen molar-refractivity contribution >= 4 is 19.8 Å². The summed E-state index contributed by atoms with van der Waals surface area (Å²) in [6.07, 6.45) is 45.9. The van der Waals surface area contributed by atoms with Crippen LogP contribution in [0.5, 0.6) is 0 Å². The first-order valence-corrected chi connectivity index (χ1v) is 22.3. The van der Waals surface area contributed by atoms with E-state index < -0.39 is 32.5 Å². The minimum atomic E-state index is -4.49. The van der Waals surface area contributed by atoms with Crippen LogP contribution in [0.1, 0.15) is 155 Å². The van der Waals surface area contributed by atoms with Crippen LogP contribution in [0.2, 0.25) is 0 Å². The van der Waals surface area contributed by atoms with Gasteiger partial charge in [0.25, 0.3) is 0 Å². The maximum atomic E-state index is 12.5. The van der Waals surface area contributed by atoms with E-state index in [0.717, 1.165) is 51.2 Å². The highest BCUT2D eigenvalue weighted by atomic mass is 31.2. The molecule has 0 aliphatic carbocycles. The zero-order chi connectivity index (χ0) is 40.0. The van der Waals surface area contributed by atoms with Crippen LogP contribution in [0.3, 0.4) is 0 Å². The molecule has 0 aliphatic heterocycles. The molecule has 1 N–H and O–H groups in total. The van der Waals surface area contributed by atoms with Crippen LogP contribution >= 0.6 is 7.82 Å². The largest absolute Gasteiger partial charge is 0.527 e. The van der Waals surface area contributed by atoms with Crippen molar-refractivity contribution in [1.82, 2.24) is 0 Å². The smallest absolute Gasteiger partial charge is 0.462 e. The molecule has 0 bridgehead atoms. The number of allylic oxidation sites excluding steroid dienone is 9. The summed E-state index contributed by atoms with van der Waals surface area (Å²) >= 11 is 0. The molecule has 0 heterocycles. The highest BCUT2D eigenvalue weighted by molar-refractivity contribution is 7.47. The minimum absolute atomic E-state index is 0.225. The topological polar surface area (TPSA) is 108 Å². The molecule has 0 saturated heterocycles. The van der Waals surface area contributed by atoms with Gasteiger partial charge in [-0.05, 0) is 64.2 Å². The molecule has 2 atom stereocenters. The first-order chi connectivity index (χ1) is 26.0. The van der Waals surface area contributed by atoms with E-state index in [1.807, 2.05) is 27.2 Å². The molecule has 0 spiro atoms. The summed E-state index contributed by atoms with van der Waals surface area (Å²) in [5.74, 6) is -1.12. The predicted molar refractivity (Wildman–Crippen MR) is 223 cm³/mol. The number of hydrogen-bond acceptors (Lipinski definition) is 7. The summed E-state index contributed by atoms with van der Waals surface area (Å²) in [6.45, 7) is 3.59. The van der Waals surface area contributed by atoms with Gasteiger partial charge in [-0.3, -0.25) is 14.2 Å². The van der Waals surface area contributed by atoms with Crippen molar-refractivity contribution in [2.24, 2.45) is 0 Å². The standard InChI is InChI=1S/C44H76NO8P/c1-6-8-10-12-14-16-18-20-22-24-26-28-30-32-34-36-43(46)50-40-42(41-52-54(48,49)51-39-38-45(3,4)5)53-44(47)37-35-33-31-29-27-25-23-21-19-17-15-13-11-9-7-2/h9,11,20,22,24,26,31,33,35,37-39,42H,6-8,10,12-19,21,23,25,27-30,32,34,36,40-41H2,1-5H3/p+1/b11-9+,22-20-,26-24+,33-31+,37-35+,39-38-/t42-/m1/s1. The van der Waals surface area contributed by atoms with Crippen molar-refractivity contribution in [2.45, 2.75) is 161 Å². The maximum absolute atomic E-state index is 12.5. The van der Waals surface area contributed by atoms with Crippen LogP contribution in [0.4, 0.5) is 0 Å². The number of unbranched alkanes of at least 4 members (excludes halogenated alkanes) is 17. The average molecular weight is 779 g/mol. The van der Waals surface area contributed by atoms with Crippen molar-refractivity contribution in [1.29, 1.82) is 0 Å². The monoisotopic (exact) mass is 779 g/mol. The van der Waals surface area contributed by atoms with Crippen molar-refractivity contribution < 1.29 is 42.1 Å². The summed E-state index contributed by atoms with van der Waals surface area (Å²) in [6, 6.07) is 0. The molecule has 0 amide bonds. The lowest BCUT2D eigenvalue weighted by Gasteiger charge is -2.19.